The predicted molar refractivity (Wildman–Crippen MR) is 91.7 cm³/mol. The minimum atomic E-state index is -0.334. The van der Waals surface area contributed by atoms with Gasteiger partial charge in [0.05, 0.1) is 11.8 Å². The Bertz CT molecular complexity index is 646. The third-order valence-electron chi connectivity index (χ3n) is 2.85. The summed E-state index contributed by atoms with van der Waals surface area (Å²) in [7, 11) is 0. The van der Waals surface area contributed by atoms with Crippen molar-refractivity contribution in [1.82, 2.24) is 5.32 Å². The monoisotopic (exact) mass is 318 g/mol. The molecule has 3 nitrogen and oxygen atoms in total. The standard InChI is InChI=1S/C17H19FN2OS/c1-12(2)21-14-7-5-6-13(10-14)11-19-17(22)20-16-9-4-3-8-15(16)18/h3-10,12H,11H2,1-2H3,(H2,19,20,22). The maximum absolute atomic E-state index is 13.5. The lowest BCUT2D eigenvalue weighted by atomic mass is 10.2. The topological polar surface area (TPSA) is 33.3 Å². The van der Waals surface area contributed by atoms with Gasteiger partial charge in [-0.25, -0.2) is 4.39 Å². The van der Waals surface area contributed by atoms with Gasteiger partial charge in [0.2, 0.25) is 0 Å². The van der Waals surface area contributed by atoms with Gasteiger partial charge in [-0.2, -0.15) is 0 Å². The van der Waals surface area contributed by atoms with E-state index in [1.165, 1.54) is 6.07 Å². The molecule has 2 aromatic rings. The van der Waals surface area contributed by atoms with Gasteiger partial charge < -0.3 is 15.4 Å². The first-order chi connectivity index (χ1) is 10.5. The fourth-order valence-corrected chi connectivity index (χ4v) is 2.09. The molecule has 0 aliphatic rings. The van der Waals surface area contributed by atoms with E-state index in [1.54, 1.807) is 18.2 Å². The molecule has 0 amide bonds. The molecule has 2 N–H and O–H groups in total. The molecule has 2 aromatic carbocycles. The quantitative estimate of drug-likeness (QED) is 0.813. The highest BCUT2D eigenvalue weighted by atomic mass is 32.1. The summed E-state index contributed by atoms with van der Waals surface area (Å²) in [6, 6.07) is 14.2. The fourth-order valence-electron chi connectivity index (χ4n) is 1.91. The Kier molecular flexibility index (Phi) is 5.72. The van der Waals surface area contributed by atoms with Crippen molar-refractivity contribution in [1.29, 1.82) is 0 Å². The Balaban J connectivity index is 1.90. The molecule has 2 rings (SSSR count). The smallest absolute Gasteiger partial charge is 0.171 e. The average Bonchev–Trinajstić information content (AvgIpc) is 2.47. The third kappa shape index (κ3) is 5.00. The molecule has 0 atom stereocenters. The molecule has 0 saturated carbocycles. The number of thiocarbonyl (C=S) groups is 1. The van der Waals surface area contributed by atoms with Crippen LogP contribution >= 0.6 is 12.2 Å². The molecule has 0 unspecified atom stereocenters. The number of ether oxygens (including phenoxy) is 1. The van der Waals surface area contributed by atoms with Gasteiger partial charge in [-0.3, -0.25) is 0 Å². The third-order valence-corrected chi connectivity index (χ3v) is 3.09. The van der Waals surface area contributed by atoms with Crippen molar-refractivity contribution in [2.45, 2.75) is 26.5 Å². The van der Waals surface area contributed by atoms with Crippen LogP contribution in [0.1, 0.15) is 19.4 Å². The summed E-state index contributed by atoms with van der Waals surface area (Å²) in [6.45, 7) is 4.51. The molecule has 116 valence electrons. The first-order valence-electron chi connectivity index (χ1n) is 7.09. The van der Waals surface area contributed by atoms with Gasteiger partial charge in [-0.05, 0) is 55.9 Å². The van der Waals surface area contributed by atoms with Gasteiger partial charge in [0.1, 0.15) is 11.6 Å². The number of hydrogen-bond acceptors (Lipinski definition) is 2. The highest BCUT2D eigenvalue weighted by molar-refractivity contribution is 7.80. The van der Waals surface area contributed by atoms with Gasteiger partial charge in [0, 0.05) is 6.54 Å². The summed E-state index contributed by atoms with van der Waals surface area (Å²) < 4.78 is 19.2. The van der Waals surface area contributed by atoms with Crippen molar-refractivity contribution in [3.8, 4) is 5.75 Å². The zero-order valence-electron chi connectivity index (χ0n) is 12.6. The molecular weight excluding hydrogens is 299 g/mol. The van der Waals surface area contributed by atoms with Crippen LogP contribution in [-0.4, -0.2) is 11.2 Å². The van der Waals surface area contributed by atoms with Gasteiger partial charge in [-0.15, -0.1) is 0 Å². The van der Waals surface area contributed by atoms with Crippen molar-refractivity contribution >= 4 is 23.0 Å². The zero-order chi connectivity index (χ0) is 15.9. The molecule has 22 heavy (non-hydrogen) atoms. The summed E-state index contributed by atoms with van der Waals surface area (Å²) >= 11 is 5.18. The number of rotatable bonds is 5. The molecule has 0 heterocycles. The van der Waals surface area contributed by atoms with Crippen LogP contribution in [0.3, 0.4) is 0 Å². The molecule has 0 aliphatic carbocycles. The average molecular weight is 318 g/mol. The van der Waals surface area contributed by atoms with Crippen molar-refractivity contribution in [3.63, 3.8) is 0 Å². The second-order valence-corrected chi connectivity index (χ2v) is 5.51. The summed E-state index contributed by atoms with van der Waals surface area (Å²) in [5.74, 6) is 0.487. The van der Waals surface area contributed by atoms with Crippen molar-refractivity contribution in [2.75, 3.05) is 5.32 Å². The van der Waals surface area contributed by atoms with Crippen LogP contribution in [0.5, 0.6) is 5.75 Å². The number of benzene rings is 2. The maximum atomic E-state index is 13.5. The summed E-state index contributed by atoms with van der Waals surface area (Å²) in [4.78, 5) is 0. The number of nitrogens with one attached hydrogen (secondary N) is 2. The van der Waals surface area contributed by atoms with Crippen molar-refractivity contribution in [2.24, 2.45) is 0 Å². The summed E-state index contributed by atoms with van der Waals surface area (Å²) in [5, 5.41) is 6.27. The zero-order valence-corrected chi connectivity index (χ0v) is 13.4. The summed E-state index contributed by atoms with van der Waals surface area (Å²) in [6.07, 6.45) is 0.131. The Labute approximate surface area is 135 Å². The Morgan fingerprint density at radius 1 is 1.18 bits per heavy atom. The van der Waals surface area contributed by atoms with Crippen LogP contribution in [0.2, 0.25) is 0 Å². The predicted octanol–water partition coefficient (Wildman–Crippen LogP) is 4.10. The van der Waals surface area contributed by atoms with Crippen LogP contribution in [0, 0.1) is 5.82 Å². The minimum Gasteiger partial charge on any atom is -0.491 e. The number of hydrogen-bond donors (Lipinski definition) is 2. The van der Waals surface area contributed by atoms with E-state index in [-0.39, 0.29) is 11.9 Å². The van der Waals surface area contributed by atoms with E-state index in [2.05, 4.69) is 10.6 Å². The Morgan fingerprint density at radius 3 is 2.68 bits per heavy atom. The Morgan fingerprint density at radius 2 is 1.95 bits per heavy atom. The lowest BCUT2D eigenvalue weighted by Gasteiger charge is -2.13. The van der Waals surface area contributed by atoms with Crippen LogP contribution < -0.4 is 15.4 Å². The molecule has 0 aromatic heterocycles. The highest BCUT2D eigenvalue weighted by Crippen LogP contribution is 2.15. The van der Waals surface area contributed by atoms with Crippen molar-refractivity contribution in [3.05, 3.63) is 59.9 Å². The normalized spacial score (nSPS) is 10.4. The van der Waals surface area contributed by atoms with E-state index in [9.17, 15) is 4.39 Å². The molecule has 0 aliphatic heterocycles. The number of anilines is 1. The lowest BCUT2D eigenvalue weighted by Crippen LogP contribution is -2.28. The van der Waals surface area contributed by atoms with Crippen molar-refractivity contribution < 1.29 is 9.13 Å². The van der Waals surface area contributed by atoms with Gasteiger partial charge in [0.15, 0.2) is 5.11 Å². The van der Waals surface area contributed by atoms with Crippen LogP contribution in [0.25, 0.3) is 0 Å². The number of para-hydroxylation sites is 1. The molecule has 5 heteroatoms. The maximum Gasteiger partial charge on any atom is 0.171 e. The van der Waals surface area contributed by atoms with E-state index in [0.717, 1.165) is 11.3 Å². The number of halogens is 1. The largest absolute Gasteiger partial charge is 0.491 e. The van der Waals surface area contributed by atoms with E-state index in [4.69, 9.17) is 17.0 Å². The summed E-state index contributed by atoms with van der Waals surface area (Å²) in [5.41, 5.74) is 1.40. The second kappa shape index (κ2) is 7.75. The van der Waals surface area contributed by atoms with E-state index < -0.39 is 0 Å². The van der Waals surface area contributed by atoms with Gasteiger partial charge >= 0.3 is 0 Å². The Hall–Kier alpha value is -2.14. The lowest BCUT2D eigenvalue weighted by molar-refractivity contribution is 0.242. The molecular formula is C17H19FN2OS. The van der Waals surface area contributed by atoms with E-state index in [1.807, 2.05) is 38.1 Å². The van der Waals surface area contributed by atoms with Crippen LogP contribution in [-0.2, 0) is 6.54 Å². The van der Waals surface area contributed by atoms with E-state index in [0.29, 0.717) is 17.3 Å². The molecule has 0 spiro atoms. The van der Waals surface area contributed by atoms with Crippen LogP contribution in [0.4, 0.5) is 10.1 Å². The molecule has 0 bridgehead atoms. The molecule has 0 radical (unpaired) electrons. The van der Waals surface area contributed by atoms with Gasteiger partial charge in [-0.1, -0.05) is 24.3 Å². The molecule has 0 saturated heterocycles. The first-order valence-corrected chi connectivity index (χ1v) is 7.50. The fraction of sp³-hybridized carbons (Fsp3) is 0.235. The van der Waals surface area contributed by atoms with Gasteiger partial charge in [0.25, 0.3) is 0 Å². The second-order valence-electron chi connectivity index (χ2n) is 5.10. The first kappa shape index (κ1) is 16.2. The minimum absolute atomic E-state index is 0.131. The van der Waals surface area contributed by atoms with Crippen LogP contribution in [0.15, 0.2) is 48.5 Å². The SMILES string of the molecule is CC(C)Oc1cccc(CNC(=S)Nc2ccccc2F)c1. The highest BCUT2D eigenvalue weighted by Gasteiger charge is 2.04. The van der Waals surface area contributed by atoms with E-state index >= 15 is 0 Å². The molecule has 0 fully saturated rings.